The zero-order valence-electron chi connectivity index (χ0n) is 14.0. The van der Waals surface area contributed by atoms with Crippen molar-refractivity contribution in [1.82, 2.24) is 9.80 Å². The first-order valence-corrected chi connectivity index (χ1v) is 9.32. The van der Waals surface area contributed by atoms with E-state index in [2.05, 4.69) is 40.1 Å². The van der Waals surface area contributed by atoms with Gasteiger partial charge in [-0.25, -0.2) is 0 Å². The van der Waals surface area contributed by atoms with E-state index < -0.39 is 0 Å². The van der Waals surface area contributed by atoms with Gasteiger partial charge in [-0.2, -0.15) is 0 Å². The second kappa shape index (κ2) is 6.64. The molecule has 3 fully saturated rings. The summed E-state index contributed by atoms with van der Waals surface area (Å²) >= 11 is 0. The van der Waals surface area contributed by atoms with Gasteiger partial charge in [-0.15, -0.1) is 0 Å². The summed E-state index contributed by atoms with van der Waals surface area (Å²) < 4.78 is 0. The maximum absolute atomic E-state index is 12.5. The minimum atomic E-state index is 0.431. The lowest BCUT2D eigenvalue weighted by Crippen LogP contribution is -2.33. The molecule has 1 aromatic carbocycles. The number of hydrogen-bond donors (Lipinski definition) is 0. The SMILES string of the molecule is O=C(CC1CCCC1)N1C[C@H]2CN(Cc3ccccc3)C[C@H]2C1. The molecule has 1 saturated carbocycles. The average molecular weight is 312 g/mol. The van der Waals surface area contributed by atoms with Crippen LogP contribution in [0.25, 0.3) is 0 Å². The van der Waals surface area contributed by atoms with Crippen LogP contribution in [0.2, 0.25) is 0 Å². The largest absolute Gasteiger partial charge is 0.342 e. The molecule has 2 heterocycles. The fourth-order valence-electron chi connectivity index (χ4n) is 4.86. The van der Waals surface area contributed by atoms with E-state index in [0.717, 1.165) is 39.1 Å². The number of hydrogen-bond acceptors (Lipinski definition) is 2. The topological polar surface area (TPSA) is 23.6 Å². The predicted octanol–water partition coefficient (Wildman–Crippen LogP) is 3.16. The molecule has 0 N–H and O–H groups in total. The van der Waals surface area contributed by atoms with Crippen molar-refractivity contribution in [2.45, 2.75) is 38.6 Å². The van der Waals surface area contributed by atoms with E-state index in [0.29, 0.717) is 23.7 Å². The van der Waals surface area contributed by atoms with Crippen LogP contribution in [-0.2, 0) is 11.3 Å². The first kappa shape index (κ1) is 15.2. The summed E-state index contributed by atoms with van der Waals surface area (Å²) in [6.45, 7) is 5.38. The Morgan fingerprint density at radius 3 is 2.26 bits per heavy atom. The molecule has 3 nitrogen and oxygen atoms in total. The first-order valence-electron chi connectivity index (χ1n) is 9.32. The molecule has 0 unspecified atom stereocenters. The molecular formula is C20H28N2O. The molecule has 0 bridgehead atoms. The fourth-order valence-corrected chi connectivity index (χ4v) is 4.86. The summed E-state index contributed by atoms with van der Waals surface area (Å²) in [4.78, 5) is 17.3. The highest BCUT2D eigenvalue weighted by molar-refractivity contribution is 5.76. The standard InChI is InChI=1S/C20H28N2O/c23-20(10-16-6-4-5-7-16)22-14-18-12-21(13-19(18)15-22)11-17-8-2-1-3-9-17/h1-3,8-9,16,18-19H,4-7,10-15H2/t18-,19+. The Kier molecular flexibility index (Phi) is 4.39. The van der Waals surface area contributed by atoms with Crippen LogP contribution in [0, 0.1) is 17.8 Å². The van der Waals surface area contributed by atoms with Crippen LogP contribution in [0.1, 0.15) is 37.7 Å². The summed E-state index contributed by atoms with van der Waals surface area (Å²) in [6.07, 6.45) is 6.02. The van der Waals surface area contributed by atoms with Crippen LogP contribution in [0.15, 0.2) is 30.3 Å². The molecule has 2 aliphatic heterocycles. The van der Waals surface area contributed by atoms with Crippen molar-refractivity contribution < 1.29 is 4.79 Å². The van der Waals surface area contributed by atoms with E-state index in [1.54, 1.807) is 0 Å². The van der Waals surface area contributed by atoms with Gasteiger partial charge in [0, 0.05) is 39.1 Å². The highest BCUT2D eigenvalue weighted by Crippen LogP contribution is 2.34. The molecule has 1 amide bonds. The minimum Gasteiger partial charge on any atom is -0.342 e. The minimum absolute atomic E-state index is 0.431. The van der Waals surface area contributed by atoms with Crippen LogP contribution < -0.4 is 0 Å². The molecule has 1 aliphatic carbocycles. The van der Waals surface area contributed by atoms with Gasteiger partial charge in [-0.1, -0.05) is 43.2 Å². The predicted molar refractivity (Wildman–Crippen MR) is 91.9 cm³/mol. The van der Waals surface area contributed by atoms with Crippen LogP contribution in [0.4, 0.5) is 0 Å². The van der Waals surface area contributed by atoms with Gasteiger partial charge < -0.3 is 4.90 Å². The molecule has 4 rings (SSSR count). The summed E-state index contributed by atoms with van der Waals surface area (Å²) in [7, 11) is 0. The molecule has 3 aliphatic rings. The summed E-state index contributed by atoms with van der Waals surface area (Å²) in [5.41, 5.74) is 1.40. The Morgan fingerprint density at radius 2 is 1.61 bits per heavy atom. The number of carbonyl (C=O) groups is 1. The Labute approximate surface area is 139 Å². The van der Waals surface area contributed by atoms with Gasteiger partial charge in [0.25, 0.3) is 0 Å². The van der Waals surface area contributed by atoms with E-state index in [1.165, 1.54) is 31.2 Å². The van der Waals surface area contributed by atoms with E-state index in [-0.39, 0.29) is 0 Å². The Bertz CT molecular complexity index is 524. The lowest BCUT2D eigenvalue weighted by atomic mass is 10.0. The van der Waals surface area contributed by atoms with Gasteiger partial charge in [0.15, 0.2) is 0 Å². The molecule has 2 atom stereocenters. The molecule has 0 spiro atoms. The maximum atomic E-state index is 12.5. The lowest BCUT2D eigenvalue weighted by Gasteiger charge is -2.22. The van der Waals surface area contributed by atoms with Crippen molar-refractivity contribution in [2.75, 3.05) is 26.2 Å². The van der Waals surface area contributed by atoms with E-state index in [4.69, 9.17) is 0 Å². The molecule has 2 saturated heterocycles. The highest BCUT2D eigenvalue weighted by Gasteiger charge is 2.41. The zero-order valence-corrected chi connectivity index (χ0v) is 14.0. The zero-order chi connectivity index (χ0) is 15.6. The quantitative estimate of drug-likeness (QED) is 0.852. The van der Waals surface area contributed by atoms with E-state index in [9.17, 15) is 4.79 Å². The molecule has 0 radical (unpaired) electrons. The average Bonchev–Trinajstić information content (AvgIpc) is 3.24. The number of carbonyl (C=O) groups excluding carboxylic acids is 1. The number of fused-ring (bicyclic) bond motifs is 1. The van der Waals surface area contributed by atoms with E-state index >= 15 is 0 Å². The fraction of sp³-hybridized carbons (Fsp3) is 0.650. The van der Waals surface area contributed by atoms with Gasteiger partial charge in [0.05, 0.1) is 0 Å². The molecule has 1 aromatic rings. The second-order valence-corrected chi connectivity index (χ2v) is 7.85. The Morgan fingerprint density at radius 1 is 0.957 bits per heavy atom. The molecule has 23 heavy (non-hydrogen) atoms. The number of nitrogens with zero attached hydrogens (tertiary/aromatic N) is 2. The van der Waals surface area contributed by atoms with Crippen molar-refractivity contribution in [3.05, 3.63) is 35.9 Å². The third-order valence-corrected chi connectivity index (χ3v) is 6.10. The number of benzene rings is 1. The van der Waals surface area contributed by atoms with Gasteiger partial charge in [0.1, 0.15) is 0 Å². The van der Waals surface area contributed by atoms with Crippen molar-refractivity contribution in [3.63, 3.8) is 0 Å². The molecular weight excluding hydrogens is 284 g/mol. The van der Waals surface area contributed by atoms with Crippen molar-refractivity contribution in [3.8, 4) is 0 Å². The normalized spacial score (nSPS) is 28.4. The van der Waals surface area contributed by atoms with Crippen LogP contribution >= 0.6 is 0 Å². The number of amides is 1. The van der Waals surface area contributed by atoms with Gasteiger partial charge >= 0.3 is 0 Å². The third-order valence-electron chi connectivity index (χ3n) is 6.10. The second-order valence-electron chi connectivity index (χ2n) is 7.85. The lowest BCUT2D eigenvalue weighted by molar-refractivity contribution is -0.131. The Balaban J connectivity index is 1.27. The summed E-state index contributed by atoms with van der Waals surface area (Å²) in [5, 5.41) is 0. The summed E-state index contributed by atoms with van der Waals surface area (Å²) in [6, 6.07) is 10.7. The van der Waals surface area contributed by atoms with Crippen molar-refractivity contribution in [1.29, 1.82) is 0 Å². The molecule has 124 valence electrons. The van der Waals surface area contributed by atoms with Gasteiger partial charge in [0.2, 0.25) is 5.91 Å². The Hall–Kier alpha value is -1.35. The maximum Gasteiger partial charge on any atom is 0.222 e. The summed E-state index contributed by atoms with van der Waals surface area (Å²) in [5.74, 6) is 2.51. The van der Waals surface area contributed by atoms with E-state index in [1.807, 2.05) is 0 Å². The monoisotopic (exact) mass is 312 g/mol. The first-order chi connectivity index (χ1) is 11.3. The van der Waals surface area contributed by atoms with Gasteiger partial charge in [-0.05, 0) is 36.2 Å². The smallest absolute Gasteiger partial charge is 0.222 e. The van der Waals surface area contributed by atoms with Crippen LogP contribution in [0.5, 0.6) is 0 Å². The van der Waals surface area contributed by atoms with Gasteiger partial charge in [-0.3, -0.25) is 9.69 Å². The number of likely N-dealkylation sites (tertiary alicyclic amines) is 2. The van der Waals surface area contributed by atoms with Crippen molar-refractivity contribution in [2.24, 2.45) is 17.8 Å². The number of rotatable bonds is 4. The van der Waals surface area contributed by atoms with Crippen LogP contribution in [-0.4, -0.2) is 41.9 Å². The molecule has 0 aromatic heterocycles. The van der Waals surface area contributed by atoms with Crippen molar-refractivity contribution >= 4 is 5.91 Å². The van der Waals surface area contributed by atoms with Crippen LogP contribution in [0.3, 0.4) is 0 Å². The highest BCUT2D eigenvalue weighted by atomic mass is 16.2. The molecule has 3 heteroatoms. The third kappa shape index (κ3) is 3.45.